The maximum atomic E-state index is 11.3. The molecule has 0 aromatic heterocycles. The molecule has 0 unspecified atom stereocenters. The third kappa shape index (κ3) is 0.717. The second-order valence-electron chi connectivity index (χ2n) is 3.39. The van der Waals surface area contributed by atoms with E-state index >= 15 is 0 Å². The van der Waals surface area contributed by atoms with E-state index < -0.39 is 0 Å². The third-order valence-electron chi connectivity index (χ3n) is 2.89. The number of rotatable bonds is 0. The summed E-state index contributed by atoms with van der Waals surface area (Å²) in [5.74, 6) is 0.900. The van der Waals surface area contributed by atoms with Crippen LogP contribution in [0, 0.1) is 5.92 Å². The standard InChI is InChI=1S/C8H13NO/c1-6-8(10)7-2-4-9(6)5-3-7/h6-7H,2-5H2,1H3/t6-/m1/s1. The largest absolute Gasteiger partial charge is 0.298 e. The molecule has 0 N–H and O–H groups in total. The first kappa shape index (κ1) is 6.35. The Morgan fingerprint density at radius 2 is 2.00 bits per heavy atom. The molecule has 0 amide bonds. The van der Waals surface area contributed by atoms with Crippen molar-refractivity contribution in [1.29, 1.82) is 0 Å². The zero-order valence-corrected chi connectivity index (χ0v) is 6.34. The number of nitrogens with zero attached hydrogens (tertiary/aromatic N) is 1. The number of hydrogen-bond donors (Lipinski definition) is 0. The molecule has 0 aromatic carbocycles. The molecule has 1 atom stereocenters. The topological polar surface area (TPSA) is 20.3 Å². The zero-order valence-electron chi connectivity index (χ0n) is 6.34. The van der Waals surface area contributed by atoms with Crippen LogP contribution in [0.2, 0.25) is 0 Å². The highest BCUT2D eigenvalue weighted by atomic mass is 16.1. The number of carbonyl (C=O) groups is 1. The van der Waals surface area contributed by atoms with Gasteiger partial charge >= 0.3 is 0 Å². The Labute approximate surface area is 61.2 Å². The van der Waals surface area contributed by atoms with Crippen LogP contribution < -0.4 is 0 Å². The summed E-state index contributed by atoms with van der Waals surface area (Å²) in [4.78, 5) is 13.6. The molecule has 3 aliphatic heterocycles. The summed E-state index contributed by atoms with van der Waals surface area (Å²) in [6, 6.07) is 0.229. The number of fused-ring (bicyclic) bond motifs is 3. The highest BCUT2D eigenvalue weighted by molar-refractivity contribution is 5.87. The Morgan fingerprint density at radius 1 is 1.40 bits per heavy atom. The second kappa shape index (κ2) is 2.06. The van der Waals surface area contributed by atoms with E-state index in [2.05, 4.69) is 4.90 Å². The van der Waals surface area contributed by atoms with Gasteiger partial charge in [0.25, 0.3) is 0 Å². The second-order valence-corrected chi connectivity index (χ2v) is 3.39. The van der Waals surface area contributed by atoms with E-state index in [1.165, 1.54) is 0 Å². The molecule has 0 saturated carbocycles. The first-order chi connectivity index (χ1) is 4.79. The van der Waals surface area contributed by atoms with Crippen LogP contribution in [-0.2, 0) is 4.79 Å². The van der Waals surface area contributed by atoms with Gasteiger partial charge in [0.05, 0.1) is 6.04 Å². The fourth-order valence-corrected chi connectivity index (χ4v) is 2.09. The summed E-state index contributed by atoms with van der Waals surface area (Å²) in [5, 5.41) is 0. The maximum Gasteiger partial charge on any atom is 0.152 e. The number of carbonyl (C=O) groups excluding carboxylic acids is 1. The van der Waals surface area contributed by atoms with E-state index in [1.807, 2.05) is 6.92 Å². The van der Waals surface area contributed by atoms with Crippen molar-refractivity contribution in [2.75, 3.05) is 13.1 Å². The fourth-order valence-electron chi connectivity index (χ4n) is 2.09. The molecule has 0 aromatic rings. The molecule has 0 aliphatic carbocycles. The van der Waals surface area contributed by atoms with Gasteiger partial charge in [0.1, 0.15) is 0 Å². The van der Waals surface area contributed by atoms with Crippen molar-refractivity contribution < 1.29 is 4.79 Å². The van der Waals surface area contributed by atoms with Crippen LogP contribution in [0.25, 0.3) is 0 Å². The zero-order chi connectivity index (χ0) is 7.14. The van der Waals surface area contributed by atoms with Crippen LogP contribution in [0.4, 0.5) is 0 Å². The van der Waals surface area contributed by atoms with E-state index in [4.69, 9.17) is 0 Å². The van der Waals surface area contributed by atoms with Crippen LogP contribution >= 0.6 is 0 Å². The van der Waals surface area contributed by atoms with Gasteiger partial charge in [0.2, 0.25) is 0 Å². The van der Waals surface area contributed by atoms with Crippen LogP contribution in [0.5, 0.6) is 0 Å². The number of Topliss-reactive ketones (excluding diaryl/α,β-unsaturated/α-hetero) is 1. The lowest BCUT2D eigenvalue weighted by molar-refractivity contribution is -0.135. The van der Waals surface area contributed by atoms with Crippen molar-refractivity contribution in [3.8, 4) is 0 Å². The average molecular weight is 139 g/mol. The molecular weight excluding hydrogens is 126 g/mol. The van der Waals surface area contributed by atoms with Crippen molar-refractivity contribution in [2.45, 2.75) is 25.8 Å². The van der Waals surface area contributed by atoms with E-state index in [0.29, 0.717) is 11.7 Å². The van der Waals surface area contributed by atoms with Crippen molar-refractivity contribution in [2.24, 2.45) is 5.92 Å². The molecule has 0 radical (unpaired) electrons. The molecule has 2 heteroatoms. The van der Waals surface area contributed by atoms with Crippen molar-refractivity contribution >= 4 is 5.78 Å². The van der Waals surface area contributed by atoms with Gasteiger partial charge in [-0.15, -0.1) is 0 Å². The normalized spacial score (nSPS) is 46.1. The lowest BCUT2D eigenvalue weighted by atomic mass is 9.83. The van der Waals surface area contributed by atoms with E-state index in [1.54, 1.807) is 0 Å². The van der Waals surface area contributed by atoms with Gasteiger partial charge < -0.3 is 0 Å². The Morgan fingerprint density at radius 3 is 2.30 bits per heavy atom. The molecule has 3 heterocycles. The molecule has 0 spiro atoms. The quantitative estimate of drug-likeness (QED) is 0.491. The van der Waals surface area contributed by atoms with E-state index in [-0.39, 0.29) is 6.04 Å². The van der Waals surface area contributed by atoms with Gasteiger partial charge in [0.15, 0.2) is 5.78 Å². The smallest absolute Gasteiger partial charge is 0.152 e. The van der Waals surface area contributed by atoms with Crippen LogP contribution in [0.3, 0.4) is 0 Å². The van der Waals surface area contributed by atoms with Crippen molar-refractivity contribution in [3.63, 3.8) is 0 Å². The predicted octanol–water partition coefficient (Wildman–Crippen LogP) is 0.670. The highest BCUT2D eigenvalue weighted by Crippen LogP contribution is 2.28. The molecule has 3 saturated heterocycles. The first-order valence-electron chi connectivity index (χ1n) is 4.07. The molecule has 56 valence electrons. The van der Waals surface area contributed by atoms with E-state index in [9.17, 15) is 4.79 Å². The Balaban J connectivity index is 2.20. The summed E-state index contributed by atoms with van der Waals surface area (Å²) < 4.78 is 0. The predicted molar refractivity (Wildman–Crippen MR) is 38.8 cm³/mol. The summed E-state index contributed by atoms with van der Waals surface area (Å²) in [6.07, 6.45) is 2.23. The van der Waals surface area contributed by atoms with Gasteiger partial charge in [0, 0.05) is 5.92 Å². The Bertz CT molecular complexity index is 155. The Kier molecular flexibility index (Phi) is 1.31. The summed E-state index contributed by atoms with van der Waals surface area (Å²) in [6.45, 7) is 4.34. The van der Waals surface area contributed by atoms with Gasteiger partial charge in [-0.25, -0.2) is 0 Å². The monoisotopic (exact) mass is 139 g/mol. The maximum absolute atomic E-state index is 11.3. The SMILES string of the molecule is C[C@@H]1C(=O)C2CCN1CC2. The molecule has 10 heavy (non-hydrogen) atoms. The van der Waals surface area contributed by atoms with Gasteiger partial charge in [-0.3, -0.25) is 9.69 Å². The van der Waals surface area contributed by atoms with Gasteiger partial charge in [-0.2, -0.15) is 0 Å². The molecular formula is C8H13NO. The first-order valence-corrected chi connectivity index (χ1v) is 4.07. The fraction of sp³-hybridized carbons (Fsp3) is 0.875. The van der Waals surface area contributed by atoms with Crippen LogP contribution in [0.15, 0.2) is 0 Å². The molecule has 3 fully saturated rings. The summed E-state index contributed by atoms with van der Waals surface area (Å²) in [5.41, 5.74) is 0. The number of hydrogen-bond acceptors (Lipinski definition) is 2. The van der Waals surface area contributed by atoms with Gasteiger partial charge in [-0.1, -0.05) is 0 Å². The van der Waals surface area contributed by atoms with Gasteiger partial charge in [-0.05, 0) is 32.9 Å². The molecule has 2 bridgehead atoms. The minimum atomic E-state index is 0.229. The van der Waals surface area contributed by atoms with Crippen LogP contribution in [0.1, 0.15) is 19.8 Å². The minimum absolute atomic E-state index is 0.229. The molecule has 3 aliphatic rings. The number of piperidine rings is 3. The third-order valence-corrected chi connectivity index (χ3v) is 2.89. The summed E-state index contributed by atoms with van der Waals surface area (Å²) >= 11 is 0. The molecule has 3 rings (SSSR count). The summed E-state index contributed by atoms with van der Waals surface area (Å²) in [7, 11) is 0. The minimum Gasteiger partial charge on any atom is -0.298 e. The highest BCUT2D eigenvalue weighted by Gasteiger charge is 2.37. The van der Waals surface area contributed by atoms with E-state index in [0.717, 1.165) is 25.9 Å². The van der Waals surface area contributed by atoms with Crippen molar-refractivity contribution in [1.82, 2.24) is 4.90 Å². The van der Waals surface area contributed by atoms with Crippen molar-refractivity contribution in [3.05, 3.63) is 0 Å². The number of ketones is 1. The average Bonchev–Trinajstić information content (AvgIpc) is 2.00. The lowest BCUT2D eigenvalue weighted by Gasteiger charge is -2.42. The molecule has 2 nitrogen and oxygen atoms in total. The lowest BCUT2D eigenvalue weighted by Crippen LogP contribution is -2.53. The Hall–Kier alpha value is -0.370. The van der Waals surface area contributed by atoms with Crippen LogP contribution in [-0.4, -0.2) is 29.8 Å².